The third-order valence-electron chi connectivity index (χ3n) is 4.35. The highest BCUT2D eigenvalue weighted by Gasteiger charge is 2.31. The molecule has 21 heavy (non-hydrogen) atoms. The second-order valence-corrected chi connectivity index (χ2v) is 7.05. The van der Waals surface area contributed by atoms with Crippen molar-refractivity contribution in [3.63, 3.8) is 0 Å². The number of pyridine rings is 1. The predicted octanol–water partition coefficient (Wildman–Crippen LogP) is 3.84. The van der Waals surface area contributed by atoms with Crippen molar-refractivity contribution in [2.75, 3.05) is 4.90 Å². The maximum Gasteiger partial charge on any atom is 0.335 e. The number of aromatic carboxylic acids is 1. The number of hydrogen-bond acceptors (Lipinski definition) is 3. The van der Waals surface area contributed by atoms with Crippen LogP contribution in [-0.4, -0.2) is 28.1 Å². The van der Waals surface area contributed by atoms with Crippen molar-refractivity contribution in [2.45, 2.75) is 71.4 Å². The van der Waals surface area contributed by atoms with Crippen molar-refractivity contribution in [3.05, 3.63) is 23.4 Å². The fourth-order valence-electron chi connectivity index (χ4n) is 3.04. The van der Waals surface area contributed by atoms with E-state index in [1.807, 2.05) is 0 Å². The van der Waals surface area contributed by atoms with Crippen molar-refractivity contribution in [3.8, 4) is 0 Å². The van der Waals surface area contributed by atoms with E-state index in [1.165, 1.54) is 0 Å². The zero-order valence-corrected chi connectivity index (χ0v) is 13.7. The van der Waals surface area contributed by atoms with Crippen LogP contribution in [0.1, 0.15) is 69.9 Å². The van der Waals surface area contributed by atoms with Crippen molar-refractivity contribution < 1.29 is 9.90 Å². The quantitative estimate of drug-likeness (QED) is 0.918. The van der Waals surface area contributed by atoms with Crippen molar-refractivity contribution in [1.82, 2.24) is 4.98 Å². The number of carboxylic acid groups (broad SMARTS) is 1. The molecule has 1 aromatic heterocycles. The van der Waals surface area contributed by atoms with Gasteiger partial charge in [-0.05, 0) is 38.3 Å². The number of hydrogen-bond donors (Lipinski definition) is 1. The van der Waals surface area contributed by atoms with E-state index in [4.69, 9.17) is 4.98 Å². The summed E-state index contributed by atoms with van der Waals surface area (Å²) in [5, 5.41) is 9.38. The molecule has 2 atom stereocenters. The first-order chi connectivity index (χ1) is 9.74. The zero-order chi connectivity index (χ0) is 15.8. The lowest BCUT2D eigenvalue weighted by atomic mass is 9.90. The molecule has 2 rings (SSSR count). The normalized spacial score (nSPS) is 22.6. The second-order valence-electron chi connectivity index (χ2n) is 7.05. The van der Waals surface area contributed by atoms with E-state index in [0.717, 1.165) is 30.8 Å². The number of rotatable bonds is 3. The lowest BCUT2D eigenvalue weighted by molar-refractivity contribution is 0.0696. The largest absolute Gasteiger partial charge is 0.478 e. The average molecular weight is 290 g/mol. The van der Waals surface area contributed by atoms with E-state index >= 15 is 0 Å². The van der Waals surface area contributed by atoms with Gasteiger partial charge in [0, 0.05) is 23.2 Å². The summed E-state index contributed by atoms with van der Waals surface area (Å²) in [6.07, 6.45) is 3.36. The summed E-state index contributed by atoms with van der Waals surface area (Å²) in [6, 6.07) is 4.30. The lowest BCUT2D eigenvalue weighted by Crippen LogP contribution is -2.35. The Morgan fingerprint density at radius 1 is 1.38 bits per heavy atom. The van der Waals surface area contributed by atoms with Crippen LogP contribution in [-0.2, 0) is 5.41 Å². The highest BCUT2D eigenvalue weighted by atomic mass is 16.4. The van der Waals surface area contributed by atoms with Crippen molar-refractivity contribution >= 4 is 11.8 Å². The molecule has 0 aliphatic carbocycles. The molecular formula is C17H26N2O2. The average Bonchev–Trinajstić information content (AvgIpc) is 2.78. The molecule has 1 saturated heterocycles. The molecule has 1 aliphatic rings. The van der Waals surface area contributed by atoms with Crippen LogP contribution in [0.25, 0.3) is 0 Å². The van der Waals surface area contributed by atoms with E-state index in [2.05, 4.69) is 39.5 Å². The molecule has 2 heterocycles. The van der Waals surface area contributed by atoms with Gasteiger partial charge in [-0.2, -0.15) is 0 Å². The van der Waals surface area contributed by atoms with Crippen LogP contribution in [0.15, 0.2) is 12.1 Å². The summed E-state index contributed by atoms with van der Waals surface area (Å²) in [5.41, 5.74) is 1.01. The first-order valence-corrected chi connectivity index (χ1v) is 7.78. The summed E-state index contributed by atoms with van der Waals surface area (Å²) in [4.78, 5) is 18.5. The SMILES string of the molecule is CCC1CCC(C)N1c1cc(C(=O)O)cc(C(C)(C)C)n1. The molecule has 116 valence electrons. The minimum atomic E-state index is -0.885. The van der Waals surface area contributed by atoms with Crippen LogP contribution in [0.3, 0.4) is 0 Å². The van der Waals surface area contributed by atoms with Gasteiger partial charge in [-0.25, -0.2) is 9.78 Å². The Balaban J connectivity index is 2.52. The maximum atomic E-state index is 11.4. The molecule has 0 spiro atoms. The molecule has 0 amide bonds. The molecule has 0 saturated carbocycles. The topological polar surface area (TPSA) is 53.4 Å². The smallest absolute Gasteiger partial charge is 0.335 e. The van der Waals surface area contributed by atoms with Crippen LogP contribution in [0.2, 0.25) is 0 Å². The van der Waals surface area contributed by atoms with E-state index in [-0.39, 0.29) is 5.41 Å². The third-order valence-corrected chi connectivity index (χ3v) is 4.35. The number of aromatic nitrogens is 1. The van der Waals surface area contributed by atoms with Gasteiger partial charge in [0.1, 0.15) is 5.82 Å². The summed E-state index contributed by atoms with van der Waals surface area (Å²) in [7, 11) is 0. The number of anilines is 1. The van der Waals surface area contributed by atoms with E-state index in [1.54, 1.807) is 12.1 Å². The Morgan fingerprint density at radius 3 is 2.57 bits per heavy atom. The van der Waals surface area contributed by atoms with Crippen LogP contribution >= 0.6 is 0 Å². The Bertz CT molecular complexity index is 534. The third kappa shape index (κ3) is 3.20. The Labute approximate surface area is 127 Å². The van der Waals surface area contributed by atoms with Crippen molar-refractivity contribution in [2.24, 2.45) is 0 Å². The summed E-state index contributed by atoms with van der Waals surface area (Å²) < 4.78 is 0. The van der Waals surface area contributed by atoms with Crippen LogP contribution in [0, 0.1) is 0 Å². The van der Waals surface area contributed by atoms with Crippen LogP contribution in [0.4, 0.5) is 5.82 Å². The van der Waals surface area contributed by atoms with E-state index in [0.29, 0.717) is 17.6 Å². The Hall–Kier alpha value is -1.58. The molecule has 0 bridgehead atoms. The van der Waals surface area contributed by atoms with Crippen molar-refractivity contribution in [1.29, 1.82) is 0 Å². The van der Waals surface area contributed by atoms with Gasteiger partial charge in [0.15, 0.2) is 0 Å². The fraction of sp³-hybridized carbons (Fsp3) is 0.647. The predicted molar refractivity (Wildman–Crippen MR) is 85.2 cm³/mol. The molecule has 4 heteroatoms. The van der Waals surface area contributed by atoms with Gasteiger partial charge in [-0.1, -0.05) is 27.7 Å². The first-order valence-electron chi connectivity index (χ1n) is 7.78. The molecule has 0 aromatic carbocycles. The molecule has 1 N–H and O–H groups in total. The highest BCUT2D eigenvalue weighted by molar-refractivity contribution is 5.88. The summed E-state index contributed by atoms with van der Waals surface area (Å²) >= 11 is 0. The Morgan fingerprint density at radius 2 is 2.05 bits per heavy atom. The Kier molecular flexibility index (Phi) is 4.26. The van der Waals surface area contributed by atoms with Gasteiger partial charge in [0.05, 0.1) is 5.56 Å². The standard InChI is InChI=1S/C17H26N2O2/c1-6-13-8-7-11(2)19(13)15-10-12(16(20)21)9-14(18-15)17(3,4)5/h9-11,13H,6-8H2,1-5H3,(H,20,21). The molecule has 2 unspecified atom stereocenters. The van der Waals surface area contributed by atoms with Gasteiger partial charge in [0.25, 0.3) is 0 Å². The van der Waals surface area contributed by atoms with Gasteiger partial charge in [-0.15, -0.1) is 0 Å². The molecular weight excluding hydrogens is 264 g/mol. The van der Waals surface area contributed by atoms with Gasteiger partial charge >= 0.3 is 5.97 Å². The molecule has 1 fully saturated rings. The van der Waals surface area contributed by atoms with Crippen LogP contribution in [0.5, 0.6) is 0 Å². The molecule has 0 radical (unpaired) electrons. The molecule has 4 nitrogen and oxygen atoms in total. The molecule has 1 aromatic rings. The minimum absolute atomic E-state index is 0.162. The summed E-state index contributed by atoms with van der Waals surface area (Å²) in [5.74, 6) is -0.0688. The van der Waals surface area contributed by atoms with E-state index in [9.17, 15) is 9.90 Å². The number of carboxylic acids is 1. The number of carbonyl (C=O) groups is 1. The zero-order valence-electron chi connectivity index (χ0n) is 13.7. The van der Waals surface area contributed by atoms with Gasteiger partial charge in [-0.3, -0.25) is 0 Å². The monoisotopic (exact) mass is 290 g/mol. The van der Waals surface area contributed by atoms with Crippen LogP contribution < -0.4 is 4.90 Å². The van der Waals surface area contributed by atoms with Gasteiger partial charge < -0.3 is 10.0 Å². The number of nitrogens with zero attached hydrogens (tertiary/aromatic N) is 2. The highest BCUT2D eigenvalue weighted by Crippen LogP contribution is 2.33. The molecule has 1 aliphatic heterocycles. The summed E-state index contributed by atoms with van der Waals surface area (Å²) in [6.45, 7) is 10.6. The van der Waals surface area contributed by atoms with E-state index < -0.39 is 5.97 Å². The van der Waals surface area contributed by atoms with Gasteiger partial charge in [0.2, 0.25) is 0 Å². The minimum Gasteiger partial charge on any atom is -0.478 e. The lowest BCUT2D eigenvalue weighted by Gasteiger charge is -2.31. The second kappa shape index (κ2) is 5.66. The fourth-order valence-corrected chi connectivity index (χ4v) is 3.04. The maximum absolute atomic E-state index is 11.4. The first kappa shape index (κ1) is 15.8.